The summed E-state index contributed by atoms with van der Waals surface area (Å²) in [6, 6.07) is 3.67. The third-order valence-electron chi connectivity index (χ3n) is 4.33. The van der Waals surface area contributed by atoms with E-state index in [1.807, 2.05) is 12.1 Å². The van der Waals surface area contributed by atoms with Crippen molar-refractivity contribution in [2.75, 3.05) is 25.4 Å². The summed E-state index contributed by atoms with van der Waals surface area (Å²) in [6.45, 7) is 3.31. The minimum atomic E-state index is -3.30. The Kier molecular flexibility index (Phi) is 10.2. The molecule has 10 nitrogen and oxygen atoms in total. The van der Waals surface area contributed by atoms with Crippen molar-refractivity contribution in [1.29, 1.82) is 0 Å². The van der Waals surface area contributed by atoms with Crippen molar-refractivity contribution in [3.8, 4) is 0 Å². The van der Waals surface area contributed by atoms with Gasteiger partial charge in [-0.05, 0) is 30.5 Å². The van der Waals surface area contributed by atoms with Crippen molar-refractivity contribution in [2.45, 2.75) is 39.2 Å². The molecule has 2 heterocycles. The van der Waals surface area contributed by atoms with Crippen LogP contribution in [0.2, 0.25) is 0 Å². The highest BCUT2D eigenvalue weighted by atomic mass is 32.2. The number of carboxylic acids is 2. The Bertz CT molecular complexity index is 764. The van der Waals surface area contributed by atoms with Crippen LogP contribution in [0.4, 0.5) is 0 Å². The summed E-state index contributed by atoms with van der Waals surface area (Å²) in [5, 5.41) is 14.8. The predicted molar refractivity (Wildman–Crippen MR) is 104 cm³/mol. The van der Waals surface area contributed by atoms with Crippen molar-refractivity contribution < 1.29 is 33.0 Å². The van der Waals surface area contributed by atoms with E-state index in [4.69, 9.17) is 19.8 Å². The molecular weight excluding hydrogens is 402 g/mol. The lowest BCUT2D eigenvalue weighted by Gasteiger charge is -2.24. The molecule has 1 fully saturated rings. The molecule has 0 atom stereocenters. The monoisotopic (exact) mass is 429 g/mol. The molecule has 1 aliphatic rings. The van der Waals surface area contributed by atoms with Gasteiger partial charge in [0.15, 0.2) is 0 Å². The van der Waals surface area contributed by atoms with Gasteiger partial charge < -0.3 is 15.1 Å². The van der Waals surface area contributed by atoms with Gasteiger partial charge in [0.05, 0.1) is 5.75 Å². The Balaban J connectivity index is 0.000000612. The van der Waals surface area contributed by atoms with Crippen LogP contribution >= 0.6 is 0 Å². The minimum Gasteiger partial charge on any atom is -0.473 e. The highest BCUT2D eigenvalue weighted by Crippen LogP contribution is 2.14. The molecule has 29 heavy (non-hydrogen) atoms. The molecule has 2 N–H and O–H groups in total. The molecule has 11 heteroatoms. The van der Waals surface area contributed by atoms with Gasteiger partial charge in [-0.25, -0.2) is 22.3 Å². The largest absolute Gasteiger partial charge is 0.473 e. The average molecular weight is 429 g/mol. The molecule has 0 unspecified atom stereocenters. The number of carbonyl (C=O) groups is 3. The van der Waals surface area contributed by atoms with Gasteiger partial charge in [-0.1, -0.05) is 12.8 Å². The first-order valence-electron chi connectivity index (χ1n) is 9.22. The fourth-order valence-corrected chi connectivity index (χ4v) is 4.25. The maximum absolute atomic E-state index is 12.5. The van der Waals surface area contributed by atoms with E-state index in [1.165, 1.54) is 6.92 Å². The van der Waals surface area contributed by atoms with E-state index in [2.05, 4.69) is 4.98 Å². The molecule has 1 amide bonds. The summed E-state index contributed by atoms with van der Waals surface area (Å²) in [6.07, 6.45) is 7.36. The number of aliphatic carboxylic acids is 2. The van der Waals surface area contributed by atoms with Gasteiger partial charge in [-0.3, -0.25) is 9.78 Å². The molecule has 1 aromatic rings. The van der Waals surface area contributed by atoms with Crippen LogP contribution in [0.5, 0.6) is 0 Å². The summed E-state index contributed by atoms with van der Waals surface area (Å²) in [5.41, 5.74) is 0.947. The normalized spacial score (nSPS) is 14.8. The summed E-state index contributed by atoms with van der Waals surface area (Å²) in [7, 11) is -3.30. The predicted octanol–water partition coefficient (Wildman–Crippen LogP) is 0.792. The van der Waals surface area contributed by atoms with Gasteiger partial charge in [-0.2, -0.15) is 0 Å². The molecule has 2 rings (SSSR count). The average Bonchev–Trinajstić information content (AvgIpc) is 2.96. The molecule has 0 saturated carbocycles. The van der Waals surface area contributed by atoms with Gasteiger partial charge >= 0.3 is 11.9 Å². The van der Waals surface area contributed by atoms with Crippen molar-refractivity contribution in [2.24, 2.45) is 0 Å². The minimum absolute atomic E-state index is 0.0162. The highest BCUT2D eigenvalue weighted by Gasteiger charge is 2.24. The van der Waals surface area contributed by atoms with Gasteiger partial charge in [-0.15, -0.1) is 0 Å². The first-order chi connectivity index (χ1) is 13.6. The number of aromatic nitrogens is 1. The molecule has 0 bridgehead atoms. The second-order valence-electron chi connectivity index (χ2n) is 6.54. The molecule has 1 saturated heterocycles. The molecule has 0 aliphatic carbocycles. The Morgan fingerprint density at radius 1 is 1.03 bits per heavy atom. The standard InChI is InChI=1S/C16H25N3O3S.C2H2O4/c1-15(20)18(14-16-6-8-17-9-7-16)12-13-23(21,22)19-10-4-2-3-5-11-19;3-1(4)2(5)6/h6-9H,2-5,10-14H2,1H3;(H,3,4)(H,5,6). The van der Waals surface area contributed by atoms with Crippen molar-refractivity contribution in [3.63, 3.8) is 0 Å². The number of carbonyl (C=O) groups excluding carboxylic acids is 1. The number of amides is 1. The lowest BCUT2D eigenvalue weighted by atomic mass is 10.2. The second-order valence-corrected chi connectivity index (χ2v) is 8.62. The summed E-state index contributed by atoms with van der Waals surface area (Å²) in [5.74, 6) is -3.78. The number of pyridine rings is 1. The van der Waals surface area contributed by atoms with E-state index >= 15 is 0 Å². The number of hydrogen-bond donors (Lipinski definition) is 2. The van der Waals surface area contributed by atoms with Crippen LogP contribution in [0.1, 0.15) is 38.2 Å². The van der Waals surface area contributed by atoms with Gasteiger partial charge in [0.25, 0.3) is 0 Å². The Labute approximate surface area is 170 Å². The van der Waals surface area contributed by atoms with E-state index in [-0.39, 0.29) is 18.2 Å². The smallest absolute Gasteiger partial charge is 0.414 e. The van der Waals surface area contributed by atoms with Crippen LogP contribution in [0.15, 0.2) is 24.5 Å². The van der Waals surface area contributed by atoms with Crippen molar-refractivity contribution in [1.82, 2.24) is 14.2 Å². The third-order valence-corrected chi connectivity index (χ3v) is 6.18. The van der Waals surface area contributed by atoms with Gasteiger partial charge in [0, 0.05) is 45.5 Å². The van der Waals surface area contributed by atoms with E-state index < -0.39 is 22.0 Å². The maximum atomic E-state index is 12.5. The third kappa shape index (κ3) is 9.48. The van der Waals surface area contributed by atoms with E-state index in [9.17, 15) is 13.2 Å². The SMILES string of the molecule is CC(=O)N(CCS(=O)(=O)N1CCCCCC1)Cc1ccncc1.O=C(O)C(=O)O. The molecule has 162 valence electrons. The van der Waals surface area contributed by atoms with Crippen LogP contribution < -0.4 is 0 Å². The molecule has 1 aromatic heterocycles. The molecular formula is C18H27N3O7S. The van der Waals surface area contributed by atoms with E-state index in [0.717, 1.165) is 31.2 Å². The van der Waals surface area contributed by atoms with Crippen LogP contribution in [0.25, 0.3) is 0 Å². The Morgan fingerprint density at radius 2 is 1.55 bits per heavy atom. The molecule has 0 radical (unpaired) electrons. The quantitative estimate of drug-likeness (QED) is 0.631. The zero-order valence-electron chi connectivity index (χ0n) is 16.4. The highest BCUT2D eigenvalue weighted by molar-refractivity contribution is 7.89. The number of sulfonamides is 1. The zero-order valence-corrected chi connectivity index (χ0v) is 17.2. The lowest BCUT2D eigenvalue weighted by Crippen LogP contribution is -2.39. The van der Waals surface area contributed by atoms with Crippen LogP contribution in [0.3, 0.4) is 0 Å². The zero-order chi connectivity index (χ0) is 21.9. The number of rotatable bonds is 6. The van der Waals surface area contributed by atoms with Crippen LogP contribution in [-0.4, -0.2) is 76.1 Å². The van der Waals surface area contributed by atoms with Crippen LogP contribution in [-0.2, 0) is 31.0 Å². The first kappa shape index (κ1) is 24.5. The number of nitrogens with zero attached hydrogens (tertiary/aromatic N) is 3. The van der Waals surface area contributed by atoms with E-state index in [0.29, 0.717) is 19.6 Å². The number of carboxylic acid groups (broad SMARTS) is 2. The Hall–Kier alpha value is -2.53. The maximum Gasteiger partial charge on any atom is 0.414 e. The topological polar surface area (TPSA) is 145 Å². The fraction of sp³-hybridized carbons (Fsp3) is 0.556. The van der Waals surface area contributed by atoms with Gasteiger partial charge in [0.2, 0.25) is 15.9 Å². The Morgan fingerprint density at radius 3 is 2.00 bits per heavy atom. The number of hydrogen-bond acceptors (Lipinski definition) is 6. The summed E-state index contributed by atoms with van der Waals surface area (Å²) in [4.78, 5) is 35.5. The molecule has 0 spiro atoms. The van der Waals surface area contributed by atoms with E-state index in [1.54, 1.807) is 21.6 Å². The van der Waals surface area contributed by atoms with Crippen molar-refractivity contribution >= 4 is 27.9 Å². The van der Waals surface area contributed by atoms with Crippen LogP contribution in [0, 0.1) is 0 Å². The van der Waals surface area contributed by atoms with Gasteiger partial charge in [0.1, 0.15) is 0 Å². The molecule has 0 aromatic carbocycles. The first-order valence-corrected chi connectivity index (χ1v) is 10.8. The molecule has 1 aliphatic heterocycles. The second kappa shape index (κ2) is 12.1. The lowest BCUT2D eigenvalue weighted by molar-refractivity contribution is -0.159. The summed E-state index contributed by atoms with van der Waals surface area (Å²) >= 11 is 0. The van der Waals surface area contributed by atoms with Crippen molar-refractivity contribution in [3.05, 3.63) is 30.1 Å². The fourth-order valence-electron chi connectivity index (χ4n) is 2.73. The summed E-state index contributed by atoms with van der Waals surface area (Å²) < 4.78 is 26.6.